The van der Waals surface area contributed by atoms with Crippen LogP contribution in [0.1, 0.15) is 196 Å². The molecule has 49 heavy (non-hydrogen) atoms. The van der Waals surface area contributed by atoms with Crippen LogP contribution in [-0.2, 0) is 18.9 Å². The van der Waals surface area contributed by atoms with Crippen molar-refractivity contribution in [2.45, 2.75) is 219 Å². The minimum atomic E-state index is -0.436. The highest BCUT2D eigenvalue weighted by molar-refractivity contribution is 9.09. The van der Waals surface area contributed by atoms with Gasteiger partial charge in [0.1, 0.15) is 10.8 Å². The first kappa shape index (κ1) is 50.3. The molecule has 0 saturated heterocycles. The topological polar surface area (TPSA) is 36.9 Å². The van der Waals surface area contributed by atoms with E-state index in [0.717, 1.165) is 39.3 Å². The lowest BCUT2D eigenvalue weighted by molar-refractivity contribution is -0.187. The van der Waals surface area contributed by atoms with Crippen LogP contribution in [0.5, 0.6) is 0 Å². The van der Waals surface area contributed by atoms with Gasteiger partial charge in [-0.15, -0.1) is 0 Å². The fraction of sp³-hybridized carbons (Fsp3) is 1.00. The first-order valence-corrected chi connectivity index (χ1v) is 28.8. The van der Waals surface area contributed by atoms with Gasteiger partial charge in [0.2, 0.25) is 0 Å². The van der Waals surface area contributed by atoms with E-state index in [4.69, 9.17) is 18.9 Å². The Bertz CT molecular complexity index is 536. The second kappa shape index (κ2) is 39.0. The van der Waals surface area contributed by atoms with Gasteiger partial charge in [0, 0.05) is 37.9 Å². The van der Waals surface area contributed by atoms with Crippen molar-refractivity contribution in [1.82, 2.24) is 0 Å². The molecule has 0 fully saturated rings. The number of unbranched alkanes of at least 4 members (excludes halogenated alkanes) is 14. The van der Waals surface area contributed by atoms with Gasteiger partial charge in [-0.1, -0.05) is 165 Å². The van der Waals surface area contributed by atoms with Crippen molar-refractivity contribution in [3.63, 3.8) is 0 Å². The van der Waals surface area contributed by atoms with E-state index in [1.54, 1.807) is 0 Å². The molecule has 0 bridgehead atoms. The molecular formula is C40H86O4S3Si2. The molecule has 0 aliphatic heterocycles. The molecule has 0 heterocycles. The number of hydrogen-bond donors (Lipinski definition) is 0. The molecule has 0 aliphatic carbocycles. The van der Waals surface area contributed by atoms with Crippen LogP contribution < -0.4 is 0 Å². The van der Waals surface area contributed by atoms with E-state index in [0.29, 0.717) is 0 Å². The second-order valence-corrected chi connectivity index (χ2v) is 23.3. The zero-order valence-corrected chi connectivity index (χ0v) is 39.2. The van der Waals surface area contributed by atoms with E-state index < -0.39 is 19.0 Å². The first-order valence-electron chi connectivity index (χ1n) is 21.5. The summed E-state index contributed by atoms with van der Waals surface area (Å²) in [5.74, 6) is 2.45. The largest absolute Gasteiger partial charge is 0.354 e. The molecule has 0 aliphatic rings. The molecule has 0 aromatic carbocycles. The van der Waals surface area contributed by atoms with Gasteiger partial charge < -0.3 is 18.9 Å². The third-order valence-electron chi connectivity index (χ3n) is 9.44. The molecule has 4 nitrogen and oxygen atoms in total. The van der Waals surface area contributed by atoms with E-state index in [1.165, 1.54) is 165 Å². The van der Waals surface area contributed by atoms with Crippen LogP contribution in [0, 0.1) is 0 Å². The monoisotopic (exact) mass is 783 g/mol. The molecule has 0 amide bonds. The Morgan fingerprint density at radius 2 is 0.673 bits per heavy atom. The molecule has 0 N–H and O–H groups in total. The lowest BCUT2D eigenvalue weighted by Gasteiger charge is -2.35. The quantitative estimate of drug-likeness (QED) is 0.0264. The predicted molar refractivity (Wildman–Crippen MR) is 233 cm³/mol. The molecular weight excluding hydrogens is 697 g/mol. The van der Waals surface area contributed by atoms with E-state index >= 15 is 0 Å². The summed E-state index contributed by atoms with van der Waals surface area (Å²) < 4.78 is 26.8. The van der Waals surface area contributed by atoms with Crippen molar-refractivity contribution in [2.24, 2.45) is 0 Å². The van der Waals surface area contributed by atoms with Crippen LogP contribution in [0.15, 0.2) is 0 Å². The summed E-state index contributed by atoms with van der Waals surface area (Å²) in [7, 11) is 5.25. The van der Waals surface area contributed by atoms with Crippen LogP contribution in [0.3, 0.4) is 0 Å². The lowest BCUT2D eigenvalue weighted by Crippen LogP contribution is -2.43. The average Bonchev–Trinajstić information content (AvgIpc) is 3.11. The van der Waals surface area contributed by atoms with Crippen LogP contribution in [0.4, 0.5) is 0 Å². The third-order valence-corrected chi connectivity index (χ3v) is 18.6. The summed E-state index contributed by atoms with van der Waals surface area (Å²) in [6.07, 6.45) is 29.9. The zero-order chi connectivity index (χ0) is 36.0. The Balaban J connectivity index is 4.71. The van der Waals surface area contributed by atoms with Crippen LogP contribution in [0.2, 0.25) is 12.1 Å². The van der Waals surface area contributed by atoms with Crippen LogP contribution >= 0.6 is 31.4 Å². The van der Waals surface area contributed by atoms with Gasteiger partial charge in [-0.2, -0.15) is 0 Å². The Morgan fingerprint density at radius 3 is 0.980 bits per heavy atom. The summed E-state index contributed by atoms with van der Waals surface area (Å²) in [6.45, 7) is 17.2. The average molecular weight is 783 g/mol. The summed E-state index contributed by atoms with van der Waals surface area (Å²) in [6, 6.07) is 2.71. The van der Waals surface area contributed by atoms with Crippen molar-refractivity contribution >= 4 is 50.5 Å². The molecule has 0 unspecified atom stereocenters. The maximum atomic E-state index is 6.70. The van der Waals surface area contributed by atoms with Crippen molar-refractivity contribution < 1.29 is 18.9 Å². The fourth-order valence-corrected chi connectivity index (χ4v) is 14.7. The fourth-order valence-electron chi connectivity index (χ4n) is 6.21. The lowest BCUT2D eigenvalue weighted by atomic mass is 10.2. The van der Waals surface area contributed by atoms with Gasteiger partial charge in [-0.05, 0) is 74.0 Å². The standard InChI is InChI=1S/C40H86O4S3Si2/c1-7-13-21-31-41-39(42-32-22-14-8-2,48-37-27-17-11-5)29-19-25-35-45-47-46-36-26-20-30-40(43-33-23-15-9-3,44-34-24-16-10-4)49-38-28-18-12-6/h7-38,48-49H2,1-6H3. The SMILES string of the molecule is CCCCCOC(CCCCSSSCCCCC(OCCCCC)(OCCCCC)[SiH2]CCCCC)(OCCCCC)[SiH2]CCCCC. The zero-order valence-electron chi connectivity index (χ0n) is 33.9. The normalized spacial score (nSPS) is 12.9. The third kappa shape index (κ3) is 31.4. The van der Waals surface area contributed by atoms with Crippen molar-refractivity contribution in [2.75, 3.05) is 37.9 Å². The minimum absolute atomic E-state index is 0.227. The Morgan fingerprint density at radius 1 is 0.367 bits per heavy atom. The first-order chi connectivity index (χ1) is 24.1. The molecule has 0 radical (unpaired) electrons. The molecule has 9 heteroatoms. The van der Waals surface area contributed by atoms with E-state index in [-0.39, 0.29) is 10.8 Å². The van der Waals surface area contributed by atoms with E-state index in [1.807, 2.05) is 9.83 Å². The summed E-state index contributed by atoms with van der Waals surface area (Å²) in [4.78, 5) is 0. The van der Waals surface area contributed by atoms with Gasteiger partial charge in [-0.25, -0.2) is 0 Å². The van der Waals surface area contributed by atoms with Crippen molar-refractivity contribution in [3.8, 4) is 0 Å². The summed E-state index contributed by atoms with van der Waals surface area (Å²) >= 11 is 0. The summed E-state index contributed by atoms with van der Waals surface area (Å²) in [5.41, 5.74) is -0.454. The van der Waals surface area contributed by atoms with E-state index in [2.05, 4.69) is 63.1 Å². The van der Waals surface area contributed by atoms with Gasteiger partial charge >= 0.3 is 0 Å². The Labute approximate surface area is 324 Å². The van der Waals surface area contributed by atoms with Gasteiger partial charge in [-0.3, -0.25) is 0 Å². The molecule has 0 saturated carbocycles. The number of rotatable bonds is 42. The smallest absolute Gasteiger partial charge is 0.144 e. The highest BCUT2D eigenvalue weighted by Crippen LogP contribution is 2.36. The van der Waals surface area contributed by atoms with Gasteiger partial charge in [0.15, 0.2) is 0 Å². The molecule has 0 atom stereocenters. The molecule has 0 aromatic heterocycles. The van der Waals surface area contributed by atoms with Crippen molar-refractivity contribution in [3.05, 3.63) is 0 Å². The highest BCUT2D eigenvalue weighted by atomic mass is 33.5. The van der Waals surface area contributed by atoms with Crippen molar-refractivity contribution in [1.29, 1.82) is 0 Å². The Hall–Kier alpha value is 1.32. The molecule has 296 valence electrons. The maximum Gasteiger partial charge on any atom is 0.144 e. The van der Waals surface area contributed by atoms with Gasteiger partial charge in [0.25, 0.3) is 0 Å². The minimum Gasteiger partial charge on any atom is -0.354 e. The van der Waals surface area contributed by atoms with Crippen LogP contribution in [-0.4, -0.2) is 67.8 Å². The number of ether oxygens (including phenoxy) is 4. The molecule has 0 aromatic rings. The predicted octanol–water partition coefficient (Wildman–Crippen LogP) is 13.0. The van der Waals surface area contributed by atoms with E-state index in [9.17, 15) is 0 Å². The maximum absolute atomic E-state index is 6.70. The summed E-state index contributed by atoms with van der Waals surface area (Å²) in [5, 5.41) is 0. The van der Waals surface area contributed by atoms with Gasteiger partial charge in [0.05, 0.1) is 19.0 Å². The number of hydrogen-bond acceptors (Lipinski definition) is 7. The molecule has 0 rings (SSSR count). The molecule has 0 spiro atoms. The highest BCUT2D eigenvalue weighted by Gasteiger charge is 2.32. The second-order valence-electron chi connectivity index (χ2n) is 14.3. The van der Waals surface area contributed by atoms with Crippen LogP contribution in [0.25, 0.3) is 0 Å². The Kier molecular flexibility index (Phi) is 40.1.